The average Bonchev–Trinajstić information content (AvgIpc) is 3.10. The van der Waals surface area contributed by atoms with Crippen molar-refractivity contribution in [3.63, 3.8) is 0 Å². The molecule has 0 heterocycles. The number of aliphatic hydroxyl groups is 1. The van der Waals surface area contributed by atoms with Crippen LogP contribution in [-0.4, -0.2) is 45.9 Å². The Balaban J connectivity index is 1.57. The number of hydrogen-bond donors (Lipinski definition) is 2. The molecule has 3 atom stereocenters. The first-order valence-corrected chi connectivity index (χ1v) is 10.9. The topological polar surface area (TPSA) is 88.1 Å². The molecule has 1 unspecified atom stereocenters. The van der Waals surface area contributed by atoms with Gasteiger partial charge in [0.25, 0.3) is 0 Å². The van der Waals surface area contributed by atoms with Crippen LogP contribution in [0.5, 0.6) is 0 Å². The third kappa shape index (κ3) is 6.47. The average molecular weight is 441 g/mol. The van der Waals surface area contributed by atoms with Crippen LogP contribution in [0.25, 0.3) is 0 Å². The molecule has 172 valence electrons. The van der Waals surface area contributed by atoms with E-state index in [0.29, 0.717) is 12.8 Å². The maximum absolute atomic E-state index is 13.0. The molecular weight excluding hydrogens is 408 g/mol. The Morgan fingerprint density at radius 2 is 1.47 bits per heavy atom. The molecule has 0 saturated heterocycles. The normalized spacial score (nSPS) is 20.4. The second-order valence-corrected chi connectivity index (χ2v) is 9.09. The molecule has 1 aliphatic carbocycles. The van der Waals surface area contributed by atoms with Gasteiger partial charge in [-0.15, -0.1) is 0 Å². The number of benzene rings is 2. The van der Waals surface area contributed by atoms with Crippen molar-refractivity contribution in [2.45, 2.75) is 70.6 Å². The van der Waals surface area contributed by atoms with E-state index in [4.69, 9.17) is 9.47 Å². The Hall–Kier alpha value is -3.06. The summed E-state index contributed by atoms with van der Waals surface area (Å²) in [6.45, 7) is 6.11. The number of rotatable bonds is 6. The van der Waals surface area contributed by atoms with Crippen molar-refractivity contribution < 1.29 is 24.2 Å². The van der Waals surface area contributed by atoms with Crippen LogP contribution in [0, 0.1) is 0 Å². The van der Waals surface area contributed by atoms with Gasteiger partial charge in [0, 0.05) is 11.6 Å². The van der Waals surface area contributed by atoms with Gasteiger partial charge in [0.1, 0.15) is 13.2 Å². The van der Waals surface area contributed by atoms with Crippen molar-refractivity contribution in [1.29, 1.82) is 0 Å². The summed E-state index contributed by atoms with van der Waals surface area (Å²) < 4.78 is 10.8. The van der Waals surface area contributed by atoms with Gasteiger partial charge in [0.15, 0.2) is 0 Å². The predicted octanol–water partition coefficient (Wildman–Crippen LogP) is 4.24. The first-order valence-electron chi connectivity index (χ1n) is 10.9. The lowest BCUT2D eigenvalue weighted by molar-refractivity contribution is 0.0376. The van der Waals surface area contributed by atoms with E-state index in [0.717, 1.165) is 11.1 Å². The van der Waals surface area contributed by atoms with Gasteiger partial charge in [-0.1, -0.05) is 60.7 Å². The van der Waals surface area contributed by atoms with E-state index < -0.39 is 29.9 Å². The molecule has 7 nitrogen and oxygen atoms in total. The zero-order valence-electron chi connectivity index (χ0n) is 18.9. The highest BCUT2D eigenvalue weighted by molar-refractivity contribution is 5.70. The molecule has 0 bridgehead atoms. The molecule has 2 aromatic rings. The molecule has 0 aromatic heterocycles. The summed E-state index contributed by atoms with van der Waals surface area (Å²) in [6.07, 6.45) is -1.05. The van der Waals surface area contributed by atoms with E-state index in [-0.39, 0.29) is 19.3 Å². The molecule has 1 aliphatic rings. The van der Waals surface area contributed by atoms with E-state index in [9.17, 15) is 14.7 Å². The maximum Gasteiger partial charge on any atom is 0.410 e. The van der Waals surface area contributed by atoms with Gasteiger partial charge >= 0.3 is 12.2 Å². The summed E-state index contributed by atoms with van der Waals surface area (Å²) in [5.41, 5.74) is 1.27. The zero-order valence-corrected chi connectivity index (χ0v) is 18.9. The summed E-state index contributed by atoms with van der Waals surface area (Å²) in [4.78, 5) is 26.9. The third-order valence-corrected chi connectivity index (χ3v) is 5.51. The van der Waals surface area contributed by atoms with E-state index in [1.807, 2.05) is 81.4 Å². The van der Waals surface area contributed by atoms with Crippen LogP contribution in [0.2, 0.25) is 0 Å². The number of ether oxygens (including phenoxy) is 2. The quantitative estimate of drug-likeness (QED) is 0.701. The van der Waals surface area contributed by atoms with Crippen molar-refractivity contribution in [2.75, 3.05) is 0 Å². The van der Waals surface area contributed by atoms with Crippen LogP contribution >= 0.6 is 0 Å². The van der Waals surface area contributed by atoms with Gasteiger partial charge in [-0.25, -0.2) is 9.59 Å². The molecule has 0 aliphatic heterocycles. The lowest BCUT2D eigenvalue weighted by Gasteiger charge is -2.39. The number of hydrogen-bond acceptors (Lipinski definition) is 5. The van der Waals surface area contributed by atoms with Gasteiger partial charge in [0.2, 0.25) is 0 Å². The number of nitrogens with zero attached hydrogens (tertiary/aromatic N) is 1. The van der Waals surface area contributed by atoms with E-state index >= 15 is 0 Å². The Kier molecular flexibility index (Phi) is 7.75. The summed E-state index contributed by atoms with van der Waals surface area (Å²) >= 11 is 0. The standard InChI is InChI=1S/C25H32N2O5/c1-25(2,3)27(24(30)32-17-19-12-8-5-9-13-19)20-14-21(22(28)15-20)26-23(29)31-16-18-10-6-4-7-11-18/h4-13,20-22,28H,14-17H2,1-3H3,(H,26,29)/t20-,21-,22?/m1/s1. The van der Waals surface area contributed by atoms with Crippen LogP contribution in [0.4, 0.5) is 9.59 Å². The number of amides is 2. The van der Waals surface area contributed by atoms with Crippen LogP contribution in [0.15, 0.2) is 60.7 Å². The fourth-order valence-corrected chi connectivity index (χ4v) is 4.03. The van der Waals surface area contributed by atoms with Gasteiger partial charge < -0.3 is 24.8 Å². The smallest absolute Gasteiger partial charge is 0.410 e. The van der Waals surface area contributed by atoms with Gasteiger partial charge in [-0.3, -0.25) is 0 Å². The number of aliphatic hydroxyl groups excluding tert-OH is 1. The molecule has 7 heteroatoms. The lowest BCUT2D eigenvalue weighted by Crippen LogP contribution is -2.51. The third-order valence-electron chi connectivity index (χ3n) is 5.51. The van der Waals surface area contributed by atoms with E-state index in [2.05, 4.69) is 5.32 Å². The van der Waals surface area contributed by atoms with Crippen LogP contribution in [0.1, 0.15) is 44.7 Å². The molecule has 1 fully saturated rings. The summed E-state index contributed by atoms with van der Waals surface area (Å²) in [5, 5.41) is 13.3. The minimum Gasteiger partial charge on any atom is -0.445 e. The highest BCUT2D eigenvalue weighted by Gasteiger charge is 2.43. The Labute approximate surface area is 189 Å². The van der Waals surface area contributed by atoms with Crippen molar-refractivity contribution in [3.05, 3.63) is 71.8 Å². The van der Waals surface area contributed by atoms with Crippen LogP contribution in [-0.2, 0) is 22.7 Å². The molecule has 32 heavy (non-hydrogen) atoms. The number of nitrogens with one attached hydrogen (secondary N) is 1. The van der Waals surface area contributed by atoms with Gasteiger partial charge in [-0.2, -0.15) is 0 Å². The van der Waals surface area contributed by atoms with Crippen LogP contribution < -0.4 is 5.32 Å². The Morgan fingerprint density at radius 1 is 0.938 bits per heavy atom. The Bertz CT molecular complexity index is 882. The van der Waals surface area contributed by atoms with Gasteiger partial charge in [-0.05, 0) is 44.7 Å². The van der Waals surface area contributed by atoms with Crippen LogP contribution in [0.3, 0.4) is 0 Å². The monoisotopic (exact) mass is 440 g/mol. The first kappa shape index (κ1) is 23.6. The molecule has 0 spiro atoms. The fraction of sp³-hybridized carbons (Fsp3) is 0.440. The summed E-state index contributed by atoms with van der Waals surface area (Å²) in [5.74, 6) is 0. The fourth-order valence-electron chi connectivity index (χ4n) is 4.03. The number of carbonyl (C=O) groups is 2. The molecule has 2 amide bonds. The summed E-state index contributed by atoms with van der Waals surface area (Å²) in [6, 6.07) is 18.1. The second-order valence-electron chi connectivity index (χ2n) is 9.09. The number of alkyl carbamates (subject to hydrolysis) is 1. The molecular formula is C25H32N2O5. The van der Waals surface area contributed by atoms with Crippen molar-refractivity contribution in [2.24, 2.45) is 0 Å². The largest absolute Gasteiger partial charge is 0.445 e. The lowest BCUT2D eigenvalue weighted by atomic mass is 10.0. The molecule has 2 N–H and O–H groups in total. The first-order chi connectivity index (χ1) is 15.2. The summed E-state index contributed by atoms with van der Waals surface area (Å²) in [7, 11) is 0. The SMILES string of the molecule is CC(C)(C)N(C(=O)OCc1ccccc1)[C@H]1CC(O)[C@H](NC(=O)OCc2ccccc2)C1. The predicted molar refractivity (Wildman–Crippen MR) is 121 cm³/mol. The molecule has 3 rings (SSSR count). The minimum absolute atomic E-state index is 0.152. The van der Waals surface area contributed by atoms with Crippen molar-refractivity contribution in [1.82, 2.24) is 10.2 Å². The minimum atomic E-state index is -0.781. The van der Waals surface area contributed by atoms with E-state index in [1.54, 1.807) is 4.90 Å². The van der Waals surface area contributed by atoms with Gasteiger partial charge in [0.05, 0.1) is 12.1 Å². The number of carbonyl (C=O) groups excluding carboxylic acids is 2. The molecule has 1 saturated carbocycles. The van der Waals surface area contributed by atoms with E-state index in [1.165, 1.54) is 0 Å². The Morgan fingerprint density at radius 3 is 2.00 bits per heavy atom. The second kappa shape index (κ2) is 10.5. The highest BCUT2D eigenvalue weighted by atomic mass is 16.6. The maximum atomic E-state index is 13.0. The molecule has 2 aromatic carbocycles. The van der Waals surface area contributed by atoms with Crippen molar-refractivity contribution in [3.8, 4) is 0 Å². The molecule has 0 radical (unpaired) electrons. The highest BCUT2D eigenvalue weighted by Crippen LogP contribution is 2.31. The zero-order chi connectivity index (χ0) is 23.1. The van der Waals surface area contributed by atoms with Crippen molar-refractivity contribution >= 4 is 12.2 Å².